The summed E-state index contributed by atoms with van der Waals surface area (Å²) >= 11 is 0. The van der Waals surface area contributed by atoms with Gasteiger partial charge in [0.05, 0.1) is 33.0 Å². The molecule has 0 aliphatic carbocycles. The number of hydrogen-bond donors (Lipinski definition) is 3. The van der Waals surface area contributed by atoms with Crippen LogP contribution in [0.1, 0.15) is 0 Å². The van der Waals surface area contributed by atoms with Crippen molar-refractivity contribution in [3.63, 3.8) is 0 Å². The Hall–Kier alpha value is -0.690. The molecule has 0 spiro atoms. The first-order chi connectivity index (χ1) is 7.31. The maximum atomic E-state index is 10.7. The highest BCUT2D eigenvalue weighted by Gasteiger charge is 1.95. The molecule has 6 nitrogen and oxygen atoms in total. The molecule has 1 amide bonds. The van der Waals surface area contributed by atoms with Crippen molar-refractivity contribution < 1.29 is 14.3 Å². The molecule has 0 aromatic carbocycles. The topological polar surface area (TPSA) is 85.6 Å². The molecule has 0 rings (SSSR count). The van der Waals surface area contributed by atoms with E-state index in [0.29, 0.717) is 33.0 Å². The van der Waals surface area contributed by atoms with E-state index in [1.807, 2.05) is 7.05 Å². The highest BCUT2D eigenvalue weighted by Crippen LogP contribution is 1.77. The second-order valence-corrected chi connectivity index (χ2v) is 2.88. The molecule has 0 bridgehead atoms. The van der Waals surface area contributed by atoms with Crippen molar-refractivity contribution in [2.75, 3.05) is 53.1 Å². The van der Waals surface area contributed by atoms with E-state index < -0.39 is 0 Å². The first-order valence-corrected chi connectivity index (χ1v) is 5.08. The molecule has 0 atom stereocenters. The van der Waals surface area contributed by atoms with Gasteiger partial charge in [-0.2, -0.15) is 0 Å². The Bertz CT molecular complexity index is 156. The van der Waals surface area contributed by atoms with Crippen molar-refractivity contribution >= 4 is 5.91 Å². The smallest absolute Gasteiger partial charge is 0.233 e. The van der Waals surface area contributed by atoms with Crippen LogP contribution in [0, 0.1) is 0 Å². The van der Waals surface area contributed by atoms with Gasteiger partial charge in [-0.15, -0.1) is 0 Å². The molecule has 0 saturated carbocycles. The molecular formula is C9H21N3O3. The highest BCUT2D eigenvalue weighted by molar-refractivity contribution is 5.77. The number of carbonyl (C=O) groups is 1. The molecule has 0 unspecified atom stereocenters. The largest absolute Gasteiger partial charge is 0.378 e. The summed E-state index contributed by atoms with van der Waals surface area (Å²) in [5.41, 5.74) is 5.10. The number of nitrogens with two attached hydrogens (primary N) is 1. The molecule has 0 aliphatic heterocycles. The lowest BCUT2D eigenvalue weighted by molar-refractivity contribution is -0.119. The third-order valence-corrected chi connectivity index (χ3v) is 1.62. The number of amides is 1. The van der Waals surface area contributed by atoms with Gasteiger partial charge in [-0.3, -0.25) is 4.79 Å². The Morgan fingerprint density at radius 3 is 2.27 bits per heavy atom. The monoisotopic (exact) mass is 219 g/mol. The number of ether oxygens (including phenoxy) is 2. The fourth-order valence-electron chi connectivity index (χ4n) is 0.831. The van der Waals surface area contributed by atoms with Crippen molar-refractivity contribution in [1.29, 1.82) is 0 Å². The van der Waals surface area contributed by atoms with Gasteiger partial charge in [-0.1, -0.05) is 0 Å². The highest BCUT2D eigenvalue weighted by atomic mass is 16.5. The van der Waals surface area contributed by atoms with Gasteiger partial charge in [0.1, 0.15) is 0 Å². The van der Waals surface area contributed by atoms with Gasteiger partial charge >= 0.3 is 0 Å². The summed E-state index contributed by atoms with van der Waals surface area (Å²) in [5.74, 6) is -0.163. The quantitative estimate of drug-likeness (QED) is 0.382. The Morgan fingerprint density at radius 1 is 1.13 bits per heavy atom. The van der Waals surface area contributed by atoms with Gasteiger partial charge in [-0.05, 0) is 7.05 Å². The van der Waals surface area contributed by atoms with Crippen LogP contribution in [-0.2, 0) is 14.3 Å². The van der Waals surface area contributed by atoms with Crippen LogP contribution in [0.5, 0.6) is 0 Å². The maximum absolute atomic E-state index is 10.7. The zero-order valence-corrected chi connectivity index (χ0v) is 9.25. The summed E-state index contributed by atoms with van der Waals surface area (Å²) in [6, 6.07) is 0. The van der Waals surface area contributed by atoms with Crippen LogP contribution in [0.15, 0.2) is 0 Å². The van der Waals surface area contributed by atoms with Crippen molar-refractivity contribution in [2.24, 2.45) is 5.73 Å². The Morgan fingerprint density at radius 2 is 1.73 bits per heavy atom. The van der Waals surface area contributed by atoms with E-state index in [-0.39, 0.29) is 12.5 Å². The summed E-state index contributed by atoms with van der Waals surface area (Å²) in [7, 11) is 1.87. The minimum absolute atomic E-state index is 0.0210. The number of hydrogen-bond acceptors (Lipinski definition) is 5. The third kappa shape index (κ3) is 11.2. The van der Waals surface area contributed by atoms with Crippen molar-refractivity contribution in [3.8, 4) is 0 Å². The van der Waals surface area contributed by atoms with Crippen LogP contribution in [0.3, 0.4) is 0 Å². The fourth-order valence-corrected chi connectivity index (χ4v) is 0.831. The molecule has 0 fully saturated rings. The molecular weight excluding hydrogens is 198 g/mol. The average Bonchev–Trinajstić information content (AvgIpc) is 2.26. The summed E-state index contributed by atoms with van der Waals surface area (Å²) < 4.78 is 10.4. The summed E-state index contributed by atoms with van der Waals surface area (Å²) in [6.45, 7) is 3.64. The molecule has 0 saturated heterocycles. The number of nitrogens with one attached hydrogen (secondary N) is 2. The molecule has 0 radical (unpaired) electrons. The molecule has 4 N–H and O–H groups in total. The van der Waals surface area contributed by atoms with Crippen LogP contribution in [-0.4, -0.2) is 59.0 Å². The predicted octanol–water partition coefficient (Wildman–Crippen LogP) is -1.69. The summed E-state index contributed by atoms with van der Waals surface area (Å²) in [6.07, 6.45) is 0. The van der Waals surface area contributed by atoms with Crippen molar-refractivity contribution in [3.05, 3.63) is 0 Å². The molecule has 15 heavy (non-hydrogen) atoms. The van der Waals surface area contributed by atoms with E-state index >= 15 is 0 Å². The fraction of sp³-hybridized carbons (Fsp3) is 0.889. The van der Waals surface area contributed by atoms with Gasteiger partial charge < -0.3 is 25.8 Å². The average molecular weight is 219 g/mol. The Labute approximate surface area is 90.5 Å². The maximum Gasteiger partial charge on any atom is 0.233 e. The first-order valence-electron chi connectivity index (χ1n) is 5.08. The SMILES string of the molecule is CNCCOCCOCCNC(=O)CN. The van der Waals surface area contributed by atoms with Crippen LogP contribution in [0.25, 0.3) is 0 Å². The van der Waals surface area contributed by atoms with Gasteiger partial charge in [-0.25, -0.2) is 0 Å². The third-order valence-electron chi connectivity index (χ3n) is 1.62. The molecule has 0 aliphatic rings. The van der Waals surface area contributed by atoms with Crippen molar-refractivity contribution in [2.45, 2.75) is 0 Å². The predicted molar refractivity (Wildman–Crippen MR) is 57.6 cm³/mol. The van der Waals surface area contributed by atoms with Crippen LogP contribution >= 0.6 is 0 Å². The number of likely N-dealkylation sites (N-methyl/N-ethyl adjacent to an activating group) is 1. The summed E-state index contributed by atoms with van der Waals surface area (Å²) in [4.78, 5) is 10.7. The van der Waals surface area contributed by atoms with E-state index in [1.165, 1.54) is 0 Å². The molecule has 0 aromatic rings. The molecule has 6 heteroatoms. The van der Waals surface area contributed by atoms with Crippen LogP contribution < -0.4 is 16.4 Å². The molecule has 0 heterocycles. The lowest BCUT2D eigenvalue weighted by Gasteiger charge is -2.06. The Balaban J connectivity index is 2.95. The lowest BCUT2D eigenvalue weighted by Crippen LogP contribution is -2.32. The van der Waals surface area contributed by atoms with E-state index in [4.69, 9.17) is 15.2 Å². The van der Waals surface area contributed by atoms with Gasteiger partial charge in [0.15, 0.2) is 0 Å². The number of rotatable bonds is 10. The van der Waals surface area contributed by atoms with Gasteiger partial charge in [0.25, 0.3) is 0 Å². The molecule has 0 aromatic heterocycles. The number of carbonyl (C=O) groups excluding carboxylic acids is 1. The Kier molecular flexibility index (Phi) is 10.9. The van der Waals surface area contributed by atoms with Crippen LogP contribution in [0.2, 0.25) is 0 Å². The van der Waals surface area contributed by atoms with Crippen molar-refractivity contribution in [1.82, 2.24) is 10.6 Å². The standard InChI is InChI=1S/C9H21N3O3/c1-11-2-4-14-6-7-15-5-3-12-9(13)8-10/h11H,2-8,10H2,1H3,(H,12,13). The lowest BCUT2D eigenvalue weighted by atomic mass is 10.5. The first kappa shape index (κ1) is 14.3. The zero-order chi connectivity index (χ0) is 11.4. The van der Waals surface area contributed by atoms with E-state index in [9.17, 15) is 4.79 Å². The van der Waals surface area contributed by atoms with Gasteiger partial charge in [0.2, 0.25) is 5.91 Å². The minimum Gasteiger partial charge on any atom is -0.378 e. The second kappa shape index (κ2) is 11.4. The van der Waals surface area contributed by atoms with E-state index in [2.05, 4.69) is 10.6 Å². The minimum atomic E-state index is -0.163. The second-order valence-electron chi connectivity index (χ2n) is 2.88. The summed E-state index contributed by atoms with van der Waals surface area (Å²) in [5, 5.41) is 5.58. The van der Waals surface area contributed by atoms with Crippen LogP contribution in [0.4, 0.5) is 0 Å². The van der Waals surface area contributed by atoms with E-state index in [1.54, 1.807) is 0 Å². The normalized spacial score (nSPS) is 10.3. The van der Waals surface area contributed by atoms with E-state index in [0.717, 1.165) is 6.54 Å². The van der Waals surface area contributed by atoms with Gasteiger partial charge in [0, 0.05) is 13.1 Å². The zero-order valence-electron chi connectivity index (χ0n) is 9.25. The molecule has 90 valence electrons.